The minimum absolute atomic E-state index is 0.0314. The van der Waals surface area contributed by atoms with Crippen molar-refractivity contribution >= 4 is 17.9 Å². The molecule has 0 aliphatic carbocycles. The van der Waals surface area contributed by atoms with Gasteiger partial charge >= 0.3 is 7.82 Å². The van der Waals surface area contributed by atoms with Crippen LogP contribution in [0.1, 0.15) is 17.5 Å². The first-order chi connectivity index (χ1) is 12.9. The van der Waals surface area contributed by atoms with E-state index in [0.29, 0.717) is 0 Å². The van der Waals surface area contributed by atoms with E-state index in [9.17, 15) is 13.0 Å². The third-order valence-corrected chi connectivity index (χ3v) is 5.28. The van der Waals surface area contributed by atoms with Gasteiger partial charge in [-0.25, -0.2) is 4.57 Å². The van der Waals surface area contributed by atoms with Gasteiger partial charge in [-0.05, 0) is 17.5 Å². The zero-order valence-electron chi connectivity index (χ0n) is 15.0. The molecule has 0 spiro atoms. The van der Waals surface area contributed by atoms with Crippen molar-refractivity contribution in [3.63, 3.8) is 0 Å². The first-order valence-corrected chi connectivity index (χ1v) is 11.6. The highest BCUT2D eigenvalue weighted by molar-refractivity contribution is 7.85. The highest BCUT2D eigenvalue weighted by Gasteiger charge is 2.27. The van der Waals surface area contributed by atoms with Crippen LogP contribution in [0.2, 0.25) is 0 Å². The molecule has 0 radical (unpaired) electrons. The summed E-state index contributed by atoms with van der Waals surface area (Å²) in [6, 6.07) is 18.5. The molecule has 7 nitrogen and oxygen atoms in total. The SMILES string of the molecule is CS(=O)(=O)OCCCOP(=O)(OCc1ccccc1)OCc1ccccc1. The number of hydrogen-bond donors (Lipinski definition) is 0. The van der Waals surface area contributed by atoms with Crippen molar-refractivity contribution in [3.05, 3.63) is 71.8 Å². The maximum atomic E-state index is 12.9. The molecule has 0 amide bonds. The van der Waals surface area contributed by atoms with Gasteiger partial charge < -0.3 is 0 Å². The molecule has 2 aromatic carbocycles. The Morgan fingerprint density at radius 1 is 0.778 bits per heavy atom. The topological polar surface area (TPSA) is 88.1 Å². The lowest BCUT2D eigenvalue weighted by Gasteiger charge is -2.18. The number of benzene rings is 2. The highest BCUT2D eigenvalue weighted by Crippen LogP contribution is 2.51. The second kappa shape index (κ2) is 10.7. The molecule has 0 saturated carbocycles. The van der Waals surface area contributed by atoms with E-state index in [2.05, 4.69) is 4.18 Å². The first-order valence-electron chi connectivity index (χ1n) is 8.32. The molecular weight excluding hydrogens is 391 g/mol. The van der Waals surface area contributed by atoms with Crippen LogP contribution < -0.4 is 0 Å². The molecule has 0 aromatic heterocycles. The van der Waals surface area contributed by atoms with E-state index in [4.69, 9.17) is 13.6 Å². The van der Waals surface area contributed by atoms with Crippen molar-refractivity contribution in [1.82, 2.24) is 0 Å². The predicted molar refractivity (Wildman–Crippen MR) is 101 cm³/mol. The van der Waals surface area contributed by atoms with Gasteiger partial charge in [0.1, 0.15) is 0 Å². The zero-order valence-corrected chi connectivity index (χ0v) is 16.7. The normalized spacial score (nSPS) is 12.2. The maximum absolute atomic E-state index is 12.9. The molecule has 27 heavy (non-hydrogen) atoms. The van der Waals surface area contributed by atoms with Gasteiger partial charge in [0.25, 0.3) is 10.1 Å². The molecule has 0 unspecified atom stereocenters. The number of phosphoric acid groups is 1. The van der Waals surface area contributed by atoms with Crippen molar-refractivity contribution in [2.75, 3.05) is 19.5 Å². The van der Waals surface area contributed by atoms with E-state index >= 15 is 0 Å². The van der Waals surface area contributed by atoms with Gasteiger partial charge in [-0.3, -0.25) is 17.8 Å². The summed E-state index contributed by atoms with van der Waals surface area (Å²) < 4.78 is 55.6. The van der Waals surface area contributed by atoms with Crippen LogP contribution >= 0.6 is 7.82 Å². The number of phosphoric ester groups is 1. The average Bonchev–Trinajstić information content (AvgIpc) is 2.66. The van der Waals surface area contributed by atoms with Crippen LogP contribution in [-0.4, -0.2) is 27.9 Å². The second-order valence-corrected chi connectivity index (χ2v) is 8.99. The third-order valence-electron chi connectivity index (χ3n) is 3.30. The monoisotopic (exact) mass is 414 g/mol. The van der Waals surface area contributed by atoms with E-state index in [1.165, 1.54) is 0 Å². The number of hydrogen-bond acceptors (Lipinski definition) is 7. The summed E-state index contributed by atoms with van der Waals surface area (Å²) >= 11 is 0. The van der Waals surface area contributed by atoms with Gasteiger partial charge in [-0.15, -0.1) is 0 Å². The van der Waals surface area contributed by atoms with Gasteiger partial charge in [0, 0.05) is 0 Å². The molecule has 0 bridgehead atoms. The minimum Gasteiger partial charge on any atom is -0.287 e. The van der Waals surface area contributed by atoms with Crippen LogP contribution in [0.25, 0.3) is 0 Å². The standard InChI is InChI=1S/C18H23O7PS/c1-27(20,21)25-14-8-13-22-26(19,23-15-17-9-4-2-5-10-17)24-16-18-11-6-3-7-12-18/h2-7,9-12H,8,13-16H2,1H3. The van der Waals surface area contributed by atoms with Crippen LogP contribution in [0.4, 0.5) is 0 Å². The molecule has 9 heteroatoms. The van der Waals surface area contributed by atoms with Gasteiger partial charge in [-0.2, -0.15) is 8.42 Å². The summed E-state index contributed by atoms with van der Waals surface area (Å²) in [4.78, 5) is 0. The van der Waals surface area contributed by atoms with Gasteiger partial charge in [0.15, 0.2) is 0 Å². The summed E-state index contributed by atoms with van der Waals surface area (Å²) in [5.74, 6) is 0. The van der Waals surface area contributed by atoms with Crippen molar-refractivity contribution in [1.29, 1.82) is 0 Å². The van der Waals surface area contributed by atoms with Crippen LogP contribution in [0.3, 0.4) is 0 Å². The van der Waals surface area contributed by atoms with Crippen LogP contribution in [0.15, 0.2) is 60.7 Å². The summed E-state index contributed by atoms with van der Waals surface area (Å²) in [7, 11) is -7.36. The Bertz CT molecular complexity index is 778. The van der Waals surface area contributed by atoms with Gasteiger partial charge in [0.05, 0.1) is 32.7 Å². The molecule has 0 fully saturated rings. The Balaban J connectivity index is 1.90. The predicted octanol–water partition coefficient (Wildman–Crippen LogP) is 3.91. The minimum atomic E-state index is -3.84. The fourth-order valence-corrected chi connectivity index (χ4v) is 3.62. The van der Waals surface area contributed by atoms with Crippen molar-refractivity contribution in [2.45, 2.75) is 19.6 Å². The zero-order chi connectivity index (χ0) is 19.6. The summed E-state index contributed by atoms with van der Waals surface area (Å²) in [5.41, 5.74) is 1.65. The van der Waals surface area contributed by atoms with E-state index in [1.54, 1.807) is 0 Å². The second-order valence-electron chi connectivity index (χ2n) is 5.68. The Hall–Kier alpha value is -1.54. The molecule has 148 valence electrons. The largest absolute Gasteiger partial charge is 0.475 e. The Kier molecular flexibility index (Phi) is 8.63. The summed E-state index contributed by atoms with van der Waals surface area (Å²) in [6.07, 6.45) is 1.19. The molecule has 2 rings (SSSR count). The molecule has 0 atom stereocenters. The Morgan fingerprint density at radius 3 is 1.70 bits per heavy atom. The molecule has 2 aromatic rings. The quantitative estimate of drug-likeness (QED) is 0.296. The van der Waals surface area contributed by atoms with Crippen LogP contribution in [0, 0.1) is 0 Å². The molecule has 0 aliphatic rings. The van der Waals surface area contributed by atoms with Gasteiger partial charge in [-0.1, -0.05) is 60.7 Å². The van der Waals surface area contributed by atoms with E-state index in [-0.39, 0.29) is 32.8 Å². The molecule has 0 N–H and O–H groups in total. The summed E-state index contributed by atoms with van der Waals surface area (Å²) in [5, 5.41) is 0. The highest BCUT2D eigenvalue weighted by atomic mass is 32.2. The van der Waals surface area contributed by atoms with Crippen LogP contribution in [-0.2, 0) is 45.7 Å². The van der Waals surface area contributed by atoms with E-state index in [1.807, 2.05) is 60.7 Å². The van der Waals surface area contributed by atoms with Crippen LogP contribution in [0.5, 0.6) is 0 Å². The first kappa shape index (κ1) is 21.8. The van der Waals surface area contributed by atoms with E-state index < -0.39 is 17.9 Å². The van der Waals surface area contributed by atoms with Crippen molar-refractivity contribution in [2.24, 2.45) is 0 Å². The number of rotatable bonds is 12. The smallest absolute Gasteiger partial charge is 0.287 e. The maximum Gasteiger partial charge on any atom is 0.475 e. The molecular formula is C18H23O7PS. The molecule has 0 saturated heterocycles. The van der Waals surface area contributed by atoms with Gasteiger partial charge in [0.2, 0.25) is 0 Å². The fourth-order valence-electron chi connectivity index (χ4n) is 2.01. The lowest BCUT2D eigenvalue weighted by Crippen LogP contribution is -2.07. The third kappa shape index (κ3) is 9.28. The lowest BCUT2D eigenvalue weighted by atomic mass is 10.2. The summed E-state index contributed by atoms with van der Waals surface area (Å²) in [6.45, 7) is 0.0199. The van der Waals surface area contributed by atoms with E-state index in [0.717, 1.165) is 17.4 Å². The van der Waals surface area contributed by atoms with Crippen molar-refractivity contribution in [3.8, 4) is 0 Å². The lowest BCUT2D eigenvalue weighted by molar-refractivity contribution is 0.0988. The molecule has 0 heterocycles. The fraction of sp³-hybridized carbons (Fsp3) is 0.333. The molecule has 0 aliphatic heterocycles. The Morgan fingerprint density at radius 2 is 1.26 bits per heavy atom. The van der Waals surface area contributed by atoms with Crippen molar-refractivity contribution < 1.29 is 30.7 Å². The Labute approximate surface area is 160 Å². The average molecular weight is 414 g/mol.